The maximum absolute atomic E-state index is 13.7. The number of hydrogen-bond acceptors (Lipinski definition) is 6. The SMILES string of the molecule is COc1cc2[nH]cc(C(=O)C(=O)N3CCN(C(=O)SC(C)(C)C)CC3)c2cc1C(=O)N1CCC(Cc2ccc(F)cc2)CC1. The van der Waals surface area contributed by atoms with Crippen molar-refractivity contribution in [2.24, 2.45) is 5.92 Å². The summed E-state index contributed by atoms with van der Waals surface area (Å²) >= 11 is 1.26. The number of piperidine rings is 1. The summed E-state index contributed by atoms with van der Waals surface area (Å²) in [5.41, 5.74) is 2.20. The van der Waals surface area contributed by atoms with Crippen LogP contribution in [0.25, 0.3) is 10.9 Å². The maximum Gasteiger partial charge on any atom is 0.295 e. The number of fused-ring (bicyclic) bond motifs is 1. The van der Waals surface area contributed by atoms with Crippen molar-refractivity contribution >= 4 is 45.5 Å². The minimum absolute atomic E-state index is 0.0317. The third-order valence-corrected chi connectivity index (χ3v) is 9.27. The zero-order chi connectivity index (χ0) is 31.6. The van der Waals surface area contributed by atoms with Crippen LogP contribution >= 0.6 is 11.8 Å². The van der Waals surface area contributed by atoms with Crippen LogP contribution in [0.5, 0.6) is 5.75 Å². The third-order valence-electron chi connectivity index (χ3n) is 8.23. The van der Waals surface area contributed by atoms with Crippen molar-refractivity contribution in [2.75, 3.05) is 46.4 Å². The maximum atomic E-state index is 13.7. The molecule has 3 amide bonds. The minimum Gasteiger partial charge on any atom is -0.496 e. The first-order valence-electron chi connectivity index (χ1n) is 15.0. The normalized spacial score (nSPS) is 16.3. The number of piperazine rings is 1. The van der Waals surface area contributed by atoms with Crippen molar-refractivity contribution in [1.82, 2.24) is 19.7 Å². The van der Waals surface area contributed by atoms with Gasteiger partial charge in [-0.2, -0.15) is 0 Å². The molecule has 0 radical (unpaired) electrons. The number of nitrogens with zero attached hydrogens (tertiary/aromatic N) is 3. The summed E-state index contributed by atoms with van der Waals surface area (Å²) in [7, 11) is 1.50. The molecule has 2 aliphatic rings. The number of thioether (sulfide) groups is 1. The van der Waals surface area contributed by atoms with Crippen molar-refractivity contribution in [3.8, 4) is 5.75 Å². The van der Waals surface area contributed by atoms with E-state index in [2.05, 4.69) is 4.98 Å². The van der Waals surface area contributed by atoms with Crippen LogP contribution in [0.1, 0.15) is 59.9 Å². The summed E-state index contributed by atoms with van der Waals surface area (Å²) in [6.07, 6.45) is 3.98. The molecule has 0 spiro atoms. The second-order valence-corrected chi connectivity index (χ2v) is 14.2. The van der Waals surface area contributed by atoms with Gasteiger partial charge >= 0.3 is 0 Å². The molecule has 3 heterocycles. The van der Waals surface area contributed by atoms with E-state index in [0.29, 0.717) is 54.3 Å². The number of aromatic nitrogens is 1. The van der Waals surface area contributed by atoms with Crippen molar-refractivity contribution in [2.45, 2.75) is 44.8 Å². The highest BCUT2D eigenvalue weighted by Gasteiger charge is 2.32. The Balaban J connectivity index is 1.26. The molecule has 11 heteroatoms. The first-order valence-corrected chi connectivity index (χ1v) is 15.8. The molecule has 2 aromatic carbocycles. The van der Waals surface area contributed by atoms with Gasteiger partial charge < -0.3 is 24.4 Å². The Kier molecular flexibility index (Phi) is 9.34. The molecular weight excluding hydrogens is 583 g/mol. The predicted octanol–water partition coefficient (Wildman–Crippen LogP) is 5.39. The van der Waals surface area contributed by atoms with E-state index in [-0.39, 0.29) is 40.4 Å². The smallest absolute Gasteiger partial charge is 0.295 e. The quantitative estimate of drug-likeness (QED) is 0.292. The number of rotatable bonds is 6. The van der Waals surface area contributed by atoms with Crippen LogP contribution in [0.2, 0.25) is 0 Å². The number of ketones is 1. The standard InChI is InChI=1S/C33H39FN4O5S/c1-33(2,3)44-32(42)38-15-13-37(14-16-38)31(41)29(39)26-20-35-27-19-28(43-4)25(18-24(26)27)30(40)36-11-9-22(10-12-36)17-21-5-7-23(34)8-6-21/h5-8,18-20,22,35H,9-17H2,1-4H3. The average molecular weight is 623 g/mol. The van der Waals surface area contributed by atoms with Crippen LogP contribution < -0.4 is 4.74 Å². The molecule has 0 saturated carbocycles. The van der Waals surface area contributed by atoms with Crippen LogP contribution in [0.4, 0.5) is 9.18 Å². The van der Waals surface area contributed by atoms with Gasteiger partial charge in [0.15, 0.2) is 0 Å². The van der Waals surface area contributed by atoms with Crippen LogP contribution in [0.15, 0.2) is 42.6 Å². The Labute approximate surface area is 261 Å². The number of methoxy groups -OCH3 is 1. The number of amides is 3. The molecule has 5 rings (SSSR count). The number of ether oxygens (including phenoxy) is 1. The van der Waals surface area contributed by atoms with E-state index in [1.807, 2.05) is 32.9 Å². The van der Waals surface area contributed by atoms with Gasteiger partial charge in [-0.25, -0.2) is 4.39 Å². The van der Waals surface area contributed by atoms with E-state index >= 15 is 0 Å². The number of hydrogen-bond donors (Lipinski definition) is 1. The highest BCUT2D eigenvalue weighted by atomic mass is 32.2. The van der Waals surface area contributed by atoms with Gasteiger partial charge in [-0.15, -0.1) is 0 Å². The fourth-order valence-electron chi connectivity index (χ4n) is 5.82. The molecule has 234 valence electrons. The van der Waals surface area contributed by atoms with E-state index in [9.17, 15) is 23.6 Å². The first kappa shape index (κ1) is 31.6. The monoisotopic (exact) mass is 622 g/mol. The van der Waals surface area contributed by atoms with Gasteiger partial charge in [0, 0.05) is 67.2 Å². The highest BCUT2D eigenvalue weighted by molar-refractivity contribution is 8.14. The van der Waals surface area contributed by atoms with Gasteiger partial charge in [-0.05, 0) is 48.9 Å². The van der Waals surface area contributed by atoms with E-state index in [1.54, 1.807) is 21.9 Å². The Morgan fingerprint density at radius 1 is 0.909 bits per heavy atom. The summed E-state index contributed by atoms with van der Waals surface area (Å²) in [5, 5.41) is 0.449. The fraction of sp³-hybridized carbons (Fsp3) is 0.455. The van der Waals surface area contributed by atoms with Gasteiger partial charge in [0.1, 0.15) is 11.6 Å². The van der Waals surface area contributed by atoms with E-state index < -0.39 is 11.7 Å². The molecule has 3 aromatic rings. The fourth-order valence-corrected chi connectivity index (χ4v) is 6.65. The van der Waals surface area contributed by atoms with Crippen molar-refractivity contribution in [3.05, 3.63) is 65.1 Å². The molecule has 1 aromatic heterocycles. The van der Waals surface area contributed by atoms with E-state index in [0.717, 1.165) is 24.8 Å². The molecule has 9 nitrogen and oxygen atoms in total. The van der Waals surface area contributed by atoms with E-state index in [1.165, 1.54) is 42.1 Å². The van der Waals surface area contributed by atoms with Gasteiger partial charge in [0.2, 0.25) is 0 Å². The molecule has 44 heavy (non-hydrogen) atoms. The zero-order valence-electron chi connectivity index (χ0n) is 25.7. The lowest BCUT2D eigenvalue weighted by Gasteiger charge is -2.35. The van der Waals surface area contributed by atoms with E-state index in [4.69, 9.17) is 4.74 Å². The highest BCUT2D eigenvalue weighted by Crippen LogP contribution is 2.32. The van der Waals surface area contributed by atoms with Crippen LogP contribution in [-0.2, 0) is 11.2 Å². The minimum atomic E-state index is -0.662. The molecule has 0 unspecified atom stereocenters. The third kappa shape index (κ3) is 7.09. The Morgan fingerprint density at radius 2 is 1.55 bits per heavy atom. The van der Waals surface area contributed by atoms with Gasteiger partial charge in [-0.1, -0.05) is 44.7 Å². The number of halogens is 1. The van der Waals surface area contributed by atoms with Gasteiger partial charge in [-0.3, -0.25) is 19.2 Å². The number of Topliss-reactive ketones (excluding diaryl/α,β-unsaturated/α-hetero) is 1. The zero-order valence-corrected chi connectivity index (χ0v) is 26.5. The summed E-state index contributed by atoms with van der Waals surface area (Å²) < 4.78 is 18.6. The molecule has 2 fully saturated rings. The lowest BCUT2D eigenvalue weighted by atomic mass is 9.90. The molecule has 1 N–H and O–H groups in total. The van der Waals surface area contributed by atoms with Gasteiger partial charge in [0.05, 0.1) is 18.2 Å². The molecular formula is C33H39FN4O5S. The Morgan fingerprint density at radius 3 is 2.16 bits per heavy atom. The van der Waals surface area contributed by atoms with Crippen LogP contribution in [0.3, 0.4) is 0 Å². The average Bonchev–Trinajstić information content (AvgIpc) is 3.43. The molecule has 2 aliphatic heterocycles. The van der Waals surface area contributed by atoms with Crippen LogP contribution in [0, 0.1) is 11.7 Å². The largest absolute Gasteiger partial charge is 0.496 e. The number of aromatic amines is 1. The molecule has 0 atom stereocenters. The number of carbonyl (C=O) groups excluding carboxylic acids is 4. The molecule has 0 aliphatic carbocycles. The first-order chi connectivity index (χ1) is 20.9. The second-order valence-electron chi connectivity index (χ2n) is 12.5. The number of likely N-dealkylation sites (tertiary alicyclic amines) is 1. The Hall–Kier alpha value is -3.86. The van der Waals surface area contributed by atoms with Crippen molar-refractivity contribution in [1.29, 1.82) is 0 Å². The summed E-state index contributed by atoms with van der Waals surface area (Å²) in [4.78, 5) is 61.0. The number of nitrogens with one attached hydrogen (secondary N) is 1. The summed E-state index contributed by atoms with van der Waals surface area (Å²) in [6, 6.07) is 9.88. The topological polar surface area (TPSA) is 103 Å². The molecule has 0 bridgehead atoms. The van der Waals surface area contributed by atoms with Crippen molar-refractivity contribution < 1.29 is 28.3 Å². The second kappa shape index (κ2) is 13.0. The molecule has 2 saturated heterocycles. The Bertz CT molecular complexity index is 1550. The number of carbonyl (C=O) groups is 4. The lowest BCUT2D eigenvalue weighted by Crippen LogP contribution is -2.51. The van der Waals surface area contributed by atoms with Gasteiger partial charge in [0.25, 0.3) is 22.8 Å². The van der Waals surface area contributed by atoms with Crippen molar-refractivity contribution in [3.63, 3.8) is 0 Å². The number of benzene rings is 2. The number of H-pyrrole nitrogens is 1. The van der Waals surface area contributed by atoms with Crippen LogP contribution in [-0.4, -0.2) is 93.6 Å². The lowest BCUT2D eigenvalue weighted by molar-refractivity contribution is -0.127. The summed E-state index contributed by atoms with van der Waals surface area (Å²) in [5.74, 6) is -0.955. The summed E-state index contributed by atoms with van der Waals surface area (Å²) in [6.45, 7) is 8.36. The predicted molar refractivity (Wildman–Crippen MR) is 169 cm³/mol.